The fraction of sp³-hybridized carbons (Fsp3) is 0.889. The summed E-state index contributed by atoms with van der Waals surface area (Å²) in [5.74, 6) is -1.59. The molecule has 0 heterocycles. The summed E-state index contributed by atoms with van der Waals surface area (Å²) >= 11 is 0. The summed E-state index contributed by atoms with van der Waals surface area (Å²) in [5, 5.41) is 8.83. The van der Waals surface area contributed by atoms with Crippen molar-refractivity contribution in [3.8, 4) is 0 Å². The first-order valence-electron chi connectivity index (χ1n) is 5.02. The van der Waals surface area contributed by atoms with Gasteiger partial charge in [0.1, 0.15) is 6.04 Å². The second-order valence-electron chi connectivity index (χ2n) is 3.84. The van der Waals surface area contributed by atoms with Gasteiger partial charge in [0.15, 0.2) is 0 Å². The van der Waals surface area contributed by atoms with E-state index in [4.69, 9.17) is 9.84 Å². The van der Waals surface area contributed by atoms with Gasteiger partial charge in [-0.15, -0.1) is 0 Å². The summed E-state index contributed by atoms with van der Waals surface area (Å²) in [6.45, 7) is 3.63. The molecule has 1 atom stereocenters. The molecule has 0 radical (unpaired) electrons. The zero-order valence-corrected chi connectivity index (χ0v) is 10.6. The summed E-state index contributed by atoms with van der Waals surface area (Å²) in [7, 11) is -2.07. The van der Waals surface area contributed by atoms with E-state index in [2.05, 4.69) is 4.72 Å². The summed E-state index contributed by atoms with van der Waals surface area (Å²) in [5.41, 5.74) is 0. The van der Waals surface area contributed by atoms with Gasteiger partial charge in [0.25, 0.3) is 0 Å². The summed E-state index contributed by atoms with van der Waals surface area (Å²) in [6, 6.07) is -1.08. The van der Waals surface area contributed by atoms with Crippen molar-refractivity contribution in [1.29, 1.82) is 0 Å². The predicted molar refractivity (Wildman–Crippen MR) is 59.7 cm³/mol. The monoisotopic (exact) mass is 253 g/mol. The quantitative estimate of drug-likeness (QED) is 0.596. The van der Waals surface area contributed by atoms with E-state index in [-0.39, 0.29) is 11.7 Å². The van der Waals surface area contributed by atoms with Crippen LogP contribution in [0.5, 0.6) is 0 Å². The van der Waals surface area contributed by atoms with E-state index < -0.39 is 22.0 Å². The Bertz CT molecular complexity index is 312. The SMILES string of the molecule is COCCCS(=O)(=O)NC(C(=O)O)C(C)C. The minimum Gasteiger partial charge on any atom is -0.480 e. The van der Waals surface area contributed by atoms with Gasteiger partial charge in [-0.1, -0.05) is 13.8 Å². The van der Waals surface area contributed by atoms with Crippen LogP contribution in [0.25, 0.3) is 0 Å². The number of carboxylic acid groups (broad SMARTS) is 1. The van der Waals surface area contributed by atoms with E-state index in [1.807, 2.05) is 0 Å². The Morgan fingerprint density at radius 3 is 2.38 bits per heavy atom. The van der Waals surface area contributed by atoms with Crippen molar-refractivity contribution in [1.82, 2.24) is 4.72 Å². The highest BCUT2D eigenvalue weighted by molar-refractivity contribution is 7.89. The molecule has 96 valence electrons. The molecule has 0 rings (SSSR count). The third-order valence-electron chi connectivity index (χ3n) is 2.00. The maximum Gasteiger partial charge on any atom is 0.321 e. The number of nitrogens with one attached hydrogen (secondary N) is 1. The Morgan fingerprint density at radius 1 is 1.44 bits per heavy atom. The molecule has 0 aliphatic carbocycles. The molecule has 1 unspecified atom stereocenters. The molecule has 0 aromatic rings. The number of aliphatic carboxylic acids is 1. The van der Waals surface area contributed by atoms with Crippen LogP contribution in [0.4, 0.5) is 0 Å². The van der Waals surface area contributed by atoms with E-state index in [0.29, 0.717) is 13.0 Å². The molecule has 0 saturated carbocycles. The summed E-state index contributed by atoms with van der Waals surface area (Å²) < 4.78 is 29.9. The first-order chi connectivity index (χ1) is 7.30. The lowest BCUT2D eigenvalue weighted by Crippen LogP contribution is -2.45. The van der Waals surface area contributed by atoms with Crippen molar-refractivity contribution in [2.45, 2.75) is 26.3 Å². The average Bonchev–Trinajstić information content (AvgIpc) is 2.13. The second-order valence-corrected chi connectivity index (χ2v) is 5.72. The van der Waals surface area contributed by atoms with Crippen LogP contribution in [-0.2, 0) is 19.6 Å². The van der Waals surface area contributed by atoms with Gasteiger partial charge in [0.05, 0.1) is 5.75 Å². The second kappa shape index (κ2) is 6.82. The van der Waals surface area contributed by atoms with Crippen LogP contribution in [0.2, 0.25) is 0 Å². The lowest BCUT2D eigenvalue weighted by atomic mass is 10.1. The largest absolute Gasteiger partial charge is 0.480 e. The minimum atomic E-state index is -3.55. The van der Waals surface area contributed by atoms with Crippen LogP contribution in [0.1, 0.15) is 20.3 Å². The van der Waals surface area contributed by atoms with Gasteiger partial charge in [-0.05, 0) is 12.3 Å². The minimum absolute atomic E-state index is 0.128. The molecule has 16 heavy (non-hydrogen) atoms. The molecule has 0 aromatic carbocycles. The van der Waals surface area contributed by atoms with Crippen molar-refractivity contribution in [3.63, 3.8) is 0 Å². The molecular weight excluding hydrogens is 234 g/mol. The van der Waals surface area contributed by atoms with Crippen molar-refractivity contribution in [2.24, 2.45) is 5.92 Å². The third-order valence-corrected chi connectivity index (χ3v) is 3.44. The van der Waals surface area contributed by atoms with Crippen LogP contribution in [-0.4, -0.2) is 45.0 Å². The van der Waals surface area contributed by atoms with Crippen molar-refractivity contribution in [2.75, 3.05) is 19.5 Å². The van der Waals surface area contributed by atoms with Crippen molar-refractivity contribution >= 4 is 16.0 Å². The number of methoxy groups -OCH3 is 1. The number of sulfonamides is 1. The van der Waals surface area contributed by atoms with E-state index in [1.165, 1.54) is 7.11 Å². The van der Waals surface area contributed by atoms with Gasteiger partial charge in [-0.3, -0.25) is 4.79 Å². The average molecular weight is 253 g/mol. The van der Waals surface area contributed by atoms with E-state index in [0.717, 1.165) is 0 Å². The summed E-state index contributed by atoms with van der Waals surface area (Å²) in [6.07, 6.45) is 0.344. The smallest absolute Gasteiger partial charge is 0.321 e. The molecule has 0 aromatic heterocycles. The topological polar surface area (TPSA) is 92.7 Å². The van der Waals surface area contributed by atoms with Gasteiger partial charge in [-0.2, -0.15) is 0 Å². The molecule has 0 spiro atoms. The zero-order chi connectivity index (χ0) is 12.8. The highest BCUT2D eigenvalue weighted by Gasteiger charge is 2.26. The fourth-order valence-electron chi connectivity index (χ4n) is 1.12. The Balaban J connectivity index is 4.37. The lowest BCUT2D eigenvalue weighted by Gasteiger charge is -2.17. The first kappa shape index (κ1) is 15.3. The molecule has 0 amide bonds. The summed E-state index contributed by atoms with van der Waals surface area (Å²) in [4.78, 5) is 10.8. The van der Waals surface area contributed by atoms with Gasteiger partial charge in [0, 0.05) is 13.7 Å². The Kier molecular flexibility index (Phi) is 6.54. The van der Waals surface area contributed by atoms with E-state index in [9.17, 15) is 13.2 Å². The molecule has 7 heteroatoms. The van der Waals surface area contributed by atoms with E-state index in [1.54, 1.807) is 13.8 Å². The van der Waals surface area contributed by atoms with Crippen molar-refractivity contribution < 1.29 is 23.1 Å². The molecule has 0 aliphatic rings. The lowest BCUT2D eigenvalue weighted by molar-refractivity contribution is -0.140. The molecule has 0 saturated heterocycles. The van der Waals surface area contributed by atoms with Gasteiger partial charge >= 0.3 is 5.97 Å². The number of hydrogen-bond acceptors (Lipinski definition) is 4. The zero-order valence-electron chi connectivity index (χ0n) is 9.76. The first-order valence-corrected chi connectivity index (χ1v) is 6.67. The Morgan fingerprint density at radius 2 is 2.00 bits per heavy atom. The molecule has 0 aliphatic heterocycles. The van der Waals surface area contributed by atoms with Gasteiger partial charge in [-0.25, -0.2) is 13.1 Å². The van der Waals surface area contributed by atoms with Crippen LogP contribution in [0.3, 0.4) is 0 Å². The standard InChI is InChI=1S/C9H19NO5S/c1-7(2)8(9(11)12)10-16(13,14)6-4-5-15-3/h7-8,10H,4-6H2,1-3H3,(H,11,12). The number of hydrogen-bond donors (Lipinski definition) is 2. The predicted octanol–water partition coefficient (Wildman–Crippen LogP) is 0.0515. The van der Waals surface area contributed by atoms with Crippen LogP contribution in [0.15, 0.2) is 0 Å². The Hall–Kier alpha value is -0.660. The number of carboxylic acids is 1. The highest BCUT2D eigenvalue weighted by atomic mass is 32.2. The number of ether oxygens (including phenoxy) is 1. The van der Waals surface area contributed by atoms with Gasteiger partial charge < -0.3 is 9.84 Å². The normalized spacial score (nSPS) is 14.0. The van der Waals surface area contributed by atoms with Crippen molar-refractivity contribution in [3.05, 3.63) is 0 Å². The maximum absolute atomic E-state index is 11.5. The number of carbonyl (C=O) groups is 1. The highest BCUT2D eigenvalue weighted by Crippen LogP contribution is 2.04. The molecule has 6 nitrogen and oxygen atoms in total. The Labute approximate surface area is 96.0 Å². The fourth-order valence-corrected chi connectivity index (χ4v) is 2.49. The van der Waals surface area contributed by atoms with Crippen LogP contribution in [0, 0.1) is 5.92 Å². The molecular formula is C9H19NO5S. The van der Waals surface area contributed by atoms with Crippen LogP contribution >= 0.6 is 0 Å². The third kappa shape index (κ3) is 6.04. The van der Waals surface area contributed by atoms with Gasteiger partial charge in [0.2, 0.25) is 10.0 Å². The molecule has 0 bridgehead atoms. The molecule has 2 N–H and O–H groups in total. The molecule has 0 fully saturated rings. The number of rotatable bonds is 8. The van der Waals surface area contributed by atoms with Crippen LogP contribution < -0.4 is 4.72 Å². The maximum atomic E-state index is 11.5. The van der Waals surface area contributed by atoms with E-state index >= 15 is 0 Å².